The molecule has 1 N–H and O–H groups in total. The zero-order valence-electron chi connectivity index (χ0n) is 9.97. The highest BCUT2D eigenvalue weighted by molar-refractivity contribution is 9.10. The molecule has 18 heavy (non-hydrogen) atoms. The molecule has 0 aliphatic carbocycles. The summed E-state index contributed by atoms with van der Waals surface area (Å²) in [6.07, 6.45) is 0. The van der Waals surface area contributed by atoms with Gasteiger partial charge < -0.3 is 5.32 Å². The van der Waals surface area contributed by atoms with Crippen LogP contribution < -0.4 is 5.32 Å². The molecule has 0 saturated carbocycles. The number of sulfonamides is 1. The summed E-state index contributed by atoms with van der Waals surface area (Å²) in [5, 5.41) is 3.18. The molecule has 1 fully saturated rings. The van der Waals surface area contributed by atoms with Crippen LogP contribution in [0.5, 0.6) is 0 Å². The average molecular weight is 356 g/mol. The molecule has 7 heteroatoms. The quantitative estimate of drug-likeness (QED) is 0.881. The summed E-state index contributed by atoms with van der Waals surface area (Å²) in [6.45, 7) is 3.84. The van der Waals surface area contributed by atoms with E-state index in [4.69, 9.17) is 0 Å². The second-order valence-electron chi connectivity index (χ2n) is 4.10. The molecule has 0 bridgehead atoms. The Bertz CT molecular complexity index is 510. The summed E-state index contributed by atoms with van der Waals surface area (Å²) in [5.74, 6) is 0. The van der Waals surface area contributed by atoms with Crippen LogP contribution in [0.15, 0.2) is 33.6 Å². The van der Waals surface area contributed by atoms with Gasteiger partial charge in [-0.1, -0.05) is 12.1 Å². The van der Waals surface area contributed by atoms with E-state index in [9.17, 15) is 8.42 Å². The SMILES string of the molecule is C[C@H]1CNCCN1S(=O)(=O)c1ccccc1Br.Cl. The Kier molecular flexibility index (Phi) is 5.61. The van der Waals surface area contributed by atoms with Gasteiger partial charge in [0.2, 0.25) is 10.0 Å². The van der Waals surface area contributed by atoms with Gasteiger partial charge in [0.15, 0.2) is 0 Å². The van der Waals surface area contributed by atoms with E-state index in [-0.39, 0.29) is 18.4 Å². The van der Waals surface area contributed by atoms with Crippen molar-refractivity contribution in [1.82, 2.24) is 9.62 Å². The molecule has 0 unspecified atom stereocenters. The Morgan fingerprint density at radius 2 is 2.06 bits per heavy atom. The van der Waals surface area contributed by atoms with Crippen LogP contribution in [-0.2, 0) is 10.0 Å². The third-order valence-electron chi connectivity index (χ3n) is 2.86. The highest BCUT2D eigenvalue weighted by atomic mass is 79.9. The van der Waals surface area contributed by atoms with Gasteiger partial charge in [0.05, 0.1) is 4.90 Å². The fourth-order valence-corrected chi connectivity index (χ4v) is 4.56. The highest BCUT2D eigenvalue weighted by Gasteiger charge is 2.31. The Morgan fingerprint density at radius 1 is 1.39 bits per heavy atom. The van der Waals surface area contributed by atoms with Crippen LogP contribution in [0.3, 0.4) is 0 Å². The van der Waals surface area contributed by atoms with Crippen molar-refractivity contribution in [3.63, 3.8) is 0 Å². The minimum atomic E-state index is -3.40. The lowest BCUT2D eigenvalue weighted by molar-refractivity contribution is 0.283. The van der Waals surface area contributed by atoms with Gasteiger partial charge in [-0.2, -0.15) is 4.31 Å². The first-order valence-electron chi connectivity index (χ1n) is 5.50. The summed E-state index contributed by atoms with van der Waals surface area (Å²) < 4.78 is 27.1. The van der Waals surface area contributed by atoms with Gasteiger partial charge in [-0.05, 0) is 35.0 Å². The maximum absolute atomic E-state index is 12.5. The van der Waals surface area contributed by atoms with Gasteiger partial charge in [-0.25, -0.2) is 8.42 Å². The first-order chi connectivity index (χ1) is 8.03. The molecule has 1 atom stereocenters. The van der Waals surface area contributed by atoms with E-state index in [1.54, 1.807) is 22.5 Å². The topological polar surface area (TPSA) is 49.4 Å². The average Bonchev–Trinajstić information content (AvgIpc) is 2.29. The molecule has 0 spiro atoms. The fraction of sp³-hybridized carbons (Fsp3) is 0.455. The van der Waals surface area contributed by atoms with E-state index in [0.29, 0.717) is 29.0 Å². The molecular weight excluding hydrogens is 340 g/mol. The van der Waals surface area contributed by atoms with Gasteiger partial charge in [0.1, 0.15) is 0 Å². The summed E-state index contributed by atoms with van der Waals surface area (Å²) in [7, 11) is -3.40. The van der Waals surface area contributed by atoms with E-state index in [1.165, 1.54) is 0 Å². The van der Waals surface area contributed by atoms with E-state index in [2.05, 4.69) is 21.2 Å². The molecular formula is C11H16BrClN2O2S. The van der Waals surface area contributed by atoms with Crippen molar-refractivity contribution >= 4 is 38.4 Å². The minimum Gasteiger partial charge on any atom is -0.314 e. The first-order valence-corrected chi connectivity index (χ1v) is 7.74. The molecule has 1 aromatic carbocycles. The second kappa shape index (κ2) is 6.34. The number of rotatable bonds is 2. The Hall–Kier alpha value is -0.140. The first kappa shape index (κ1) is 15.9. The third kappa shape index (κ3) is 3.05. The van der Waals surface area contributed by atoms with Crippen molar-refractivity contribution in [2.24, 2.45) is 0 Å². The van der Waals surface area contributed by atoms with Crippen LogP contribution in [0.2, 0.25) is 0 Å². The Labute approximate surface area is 122 Å². The van der Waals surface area contributed by atoms with Gasteiger partial charge in [-0.15, -0.1) is 12.4 Å². The molecule has 0 radical (unpaired) electrons. The normalized spacial score (nSPS) is 21.3. The largest absolute Gasteiger partial charge is 0.314 e. The number of hydrogen-bond donors (Lipinski definition) is 1. The number of nitrogens with one attached hydrogen (secondary N) is 1. The zero-order chi connectivity index (χ0) is 12.5. The molecule has 0 amide bonds. The lowest BCUT2D eigenvalue weighted by atomic mass is 10.3. The molecule has 0 aromatic heterocycles. The van der Waals surface area contributed by atoms with Gasteiger partial charge in [-0.3, -0.25) is 0 Å². The lowest BCUT2D eigenvalue weighted by Gasteiger charge is -2.33. The van der Waals surface area contributed by atoms with Crippen LogP contribution in [0, 0.1) is 0 Å². The smallest absolute Gasteiger partial charge is 0.244 e. The number of benzene rings is 1. The molecule has 4 nitrogen and oxygen atoms in total. The number of piperazine rings is 1. The Morgan fingerprint density at radius 3 is 2.67 bits per heavy atom. The molecule has 1 heterocycles. The third-order valence-corrected chi connectivity index (χ3v) is 5.89. The van der Waals surface area contributed by atoms with Crippen LogP contribution >= 0.6 is 28.3 Å². The van der Waals surface area contributed by atoms with Crippen molar-refractivity contribution in [3.05, 3.63) is 28.7 Å². The van der Waals surface area contributed by atoms with E-state index in [0.717, 1.165) is 0 Å². The molecule has 1 aromatic rings. The van der Waals surface area contributed by atoms with E-state index in [1.807, 2.05) is 13.0 Å². The second-order valence-corrected chi connectivity index (χ2v) is 6.81. The van der Waals surface area contributed by atoms with Crippen LogP contribution in [-0.4, -0.2) is 38.4 Å². The maximum Gasteiger partial charge on any atom is 0.244 e. The minimum absolute atomic E-state index is 0. The summed E-state index contributed by atoms with van der Waals surface area (Å²) in [6, 6.07) is 6.92. The molecule has 1 aliphatic rings. The highest BCUT2D eigenvalue weighted by Crippen LogP contribution is 2.26. The van der Waals surface area contributed by atoms with E-state index < -0.39 is 10.0 Å². The summed E-state index contributed by atoms with van der Waals surface area (Å²) >= 11 is 3.30. The van der Waals surface area contributed by atoms with Gasteiger partial charge in [0, 0.05) is 30.1 Å². The van der Waals surface area contributed by atoms with Crippen molar-refractivity contribution in [1.29, 1.82) is 0 Å². The van der Waals surface area contributed by atoms with Crippen molar-refractivity contribution in [2.45, 2.75) is 17.9 Å². The summed E-state index contributed by atoms with van der Waals surface area (Å²) in [5.41, 5.74) is 0. The van der Waals surface area contributed by atoms with Crippen molar-refractivity contribution < 1.29 is 8.42 Å². The maximum atomic E-state index is 12.5. The van der Waals surface area contributed by atoms with Crippen molar-refractivity contribution in [3.8, 4) is 0 Å². The fourth-order valence-electron chi connectivity index (χ4n) is 1.96. The molecule has 1 saturated heterocycles. The predicted molar refractivity (Wildman–Crippen MR) is 77.6 cm³/mol. The number of halogens is 2. The van der Waals surface area contributed by atoms with Crippen LogP contribution in [0.25, 0.3) is 0 Å². The van der Waals surface area contributed by atoms with Gasteiger partial charge in [0.25, 0.3) is 0 Å². The zero-order valence-corrected chi connectivity index (χ0v) is 13.2. The predicted octanol–water partition coefficient (Wildman–Crippen LogP) is 1.85. The van der Waals surface area contributed by atoms with Crippen molar-refractivity contribution in [2.75, 3.05) is 19.6 Å². The molecule has 2 rings (SSSR count). The lowest BCUT2D eigenvalue weighted by Crippen LogP contribution is -2.52. The van der Waals surface area contributed by atoms with E-state index >= 15 is 0 Å². The van der Waals surface area contributed by atoms with Gasteiger partial charge >= 0.3 is 0 Å². The summed E-state index contributed by atoms with van der Waals surface area (Å²) in [4.78, 5) is 0.341. The number of hydrogen-bond acceptors (Lipinski definition) is 3. The molecule has 1 aliphatic heterocycles. The number of nitrogens with zero attached hydrogens (tertiary/aromatic N) is 1. The van der Waals surface area contributed by atoms with Crippen LogP contribution in [0.1, 0.15) is 6.92 Å². The van der Waals surface area contributed by atoms with Crippen LogP contribution in [0.4, 0.5) is 0 Å². The standard InChI is InChI=1S/C11H15BrN2O2S.ClH/c1-9-8-13-6-7-14(9)17(15,16)11-5-3-2-4-10(11)12;/h2-5,9,13H,6-8H2,1H3;1H/t9-;/m0./s1. The molecule has 102 valence electrons. The monoisotopic (exact) mass is 354 g/mol. The Balaban J connectivity index is 0.00000162.